The molecule has 5 aromatic rings. The van der Waals surface area contributed by atoms with Crippen molar-refractivity contribution in [1.82, 2.24) is 0 Å². The quantitative estimate of drug-likeness (QED) is 0.202. The fourth-order valence-electron chi connectivity index (χ4n) is 6.65. The molecule has 0 saturated heterocycles. The Morgan fingerprint density at radius 2 is 0.643 bits per heavy atom. The molecular weight excluding hydrogens is 528 g/mol. The number of hydrogen-bond acceptors (Lipinski definition) is 6. The first-order valence-electron chi connectivity index (χ1n) is 14.8. The average molecular weight is 559 g/mol. The Hall–Kier alpha value is -4.58. The van der Waals surface area contributed by atoms with E-state index in [0.717, 1.165) is 56.7 Å². The number of carbonyl (C=O) groups is 2. The zero-order chi connectivity index (χ0) is 29.0. The minimum absolute atomic E-state index is 0.154. The van der Waals surface area contributed by atoms with Gasteiger partial charge in [-0.05, 0) is 93.0 Å². The molecule has 0 saturated carbocycles. The summed E-state index contributed by atoms with van der Waals surface area (Å²) in [6.07, 6.45) is 2.90. The largest absolute Gasteiger partial charge is 0.448 e. The van der Waals surface area contributed by atoms with Crippen molar-refractivity contribution in [2.75, 3.05) is 0 Å². The smallest absolute Gasteiger partial charge is 0.251 e. The monoisotopic (exact) mass is 558 g/mol. The molecule has 0 fully saturated rings. The maximum absolute atomic E-state index is 13.9. The molecule has 6 heteroatoms. The molecule has 42 heavy (non-hydrogen) atoms. The van der Waals surface area contributed by atoms with E-state index in [-0.39, 0.29) is 11.6 Å². The summed E-state index contributed by atoms with van der Waals surface area (Å²) < 4.78 is 24.8. The Balaban J connectivity index is 1.24. The summed E-state index contributed by atoms with van der Waals surface area (Å²) in [7, 11) is 0. The van der Waals surface area contributed by atoms with Gasteiger partial charge in [0.1, 0.15) is 0 Å². The predicted octanol–water partition coefficient (Wildman–Crippen LogP) is 8.50. The molecule has 2 aliphatic heterocycles. The highest BCUT2D eigenvalue weighted by atomic mass is 16.7. The molecule has 0 amide bonds. The maximum Gasteiger partial charge on any atom is 0.251 e. The number of ether oxygens (including phenoxy) is 4. The van der Waals surface area contributed by atoms with Gasteiger partial charge in [0.05, 0.1) is 0 Å². The molecule has 5 aromatic carbocycles. The molecule has 0 N–H and O–H groups in total. The summed E-state index contributed by atoms with van der Waals surface area (Å²) in [4.78, 5) is 27.8. The van der Waals surface area contributed by atoms with Gasteiger partial charge in [0.25, 0.3) is 11.6 Å². The van der Waals surface area contributed by atoms with Gasteiger partial charge in [-0.2, -0.15) is 0 Å². The van der Waals surface area contributed by atoms with Crippen molar-refractivity contribution in [3.63, 3.8) is 0 Å². The third-order valence-corrected chi connectivity index (χ3v) is 9.35. The molecule has 6 nitrogen and oxygen atoms in total. The summed E-state index contributed by atoms with van der Waals surface area (Å²) in [6, 6.07) is 19.2. The fourth-order valence-corrected chi connectivity index (χ4v) is 6.65. The van der Waals surface area contributed by atoms with Crippen molar-refractivity contribution in [2.24, 2.45) is 0 Å². The second kappa shape index (κ2) is 8.48. The van der Waals surface area contributed by atoms with E-state index in [0.29, 0.717) is 46.6 Å². The van der Waals surface area contributed by atoms with E-state index in [1.807, 2.05) is 62.4 Å². The molecule has 1 aliphatic carbocycles. The zero-order valence-electron chi connectivity index (χ0n) is 24.1. The highest BCUT2D eigenvalue weighted by Gasteiger charge is 2.40. The predicted molar refractivity (Wildman–Crippen MR) is 161 cm³/mol. The van der Waals surface area contributed by atoms with Crippen LogP contribution in [0.15, 0.2) is 60.7 Å². The van der Waals surface area contributed by atoms with Crippen LogP contribution in [0.1, 0.15) is 85.2 Å². The van der Waals surface area contributed by atoms with Gasteiger partial charge in [0, 0.05) is 47.9 Å². The summed E-state index contributed by atoms with van der Waals surface area (Å²) in [5, 5.41) is 5.42. The second-order valence-corrected chi connectivity index (χ2v) is 11.6. The van der Waals surface area contributed by atoms with Gasteiger partial charge in [-0.25, -0.2) is 0 Å². The number of carbonyl (C=O) groups excluding carboxylic acids is 2. The Morgan fingerprint density at radius 1 is 0.405 bits per heavy atom. The van der Waals surface area contributed by atoms with Crippen molar-refractivity contribution in [2.45, 2.75) is 65.0 Å². The van der Waals surface area contributed by atoms with Crippen LogP contribution in [-0.2, 0) is 0 Å². The van der Waals surface area contributed by atoms with Crippen LogP contribution in [-0.4, -0.2) is 23.1 Å². The third-order valence-electron chi connectivity index (χ3n) is 9.35. The average Bonchev–Trinajstić information content (AvgIpc) is 3.56. The highest BCUT2D eigenvalue weighted by molar-refractivity contribution is 6.30. The molecule has 2 heterocycles. The Morgan fingerprint density at radius 3 is 0.905 bits per heavy atom. The molecule has 0 spiro atoms. The summed E-state index contributed by atoms with van der Waals surface area (Å²) >= 11 is 0. The van der Waals surface area contributed by atoms with Crippen molar-refractivity contribution in [3.05, 3.63) is 82.9 Å². The lowest BCUT2D eigenvalue weighted by atomic mass is 9.81. The molecule has 0 aromatic heterocycles. The first kappa shape index (κ1) is 25.2. The normalized spacial score (nSPS) is 17.2. The summed E-state index contributed by atoms with van der Waals surface area (Å²) in [6.45, 7) is 8.18. The number of ketones is 2. The van der Waals surface area contributed by atoms with Gasteiger partial charge < -0.3 is 18.9 Å². The lowest BCUT2D eigenvalue weighted by molar-refractivity contribution is -0.0846. The van der Waals surface area contributed by atoms with Crippen LogP contribution >= 0.6 is 0 Å². The van der Waals surface area contributed by atoms with Gasteiger partial charge >= 0.3 is 0 Å². The first-order valence-corrected chi connectivity index (χ1v) is 14.8. The van der Waals surface area contributed by atoms with Gasteiger partial charge in [-0.3, -0.25) is 9.59 Å². The van der Waals surface area contributed by atoms with Crippen molar-refractivity contribution >= 4 is 43.9 Å². The van der Waals surface area contributed by atoms with Gasteiger partial charge in [-0.15, -0.1) is 0 Å². The van der Waals surface area contributed by atoms with Crippen molar-refractivity contribution in [1.29, 1.82) is 0 Å². The van der Waals surface area contributed by atoms with Gasteiger partial charge in [0.15, 0.2) is 34.6 Å². The molecule has 0 radical (unpaired) electrons. The van der Waals surface area contributed by atoms with E-state index < -0.39 is 11.6 Å². The highest BCUT2D eigenvalue weighted by Crippen LogP contribution is 2.47. The molecule has 0 unspecified atom stereocenters. The van der Waals surface area contributed by atoms with Crippen LogP contribution in [0.4, 0.5) is 0 Å². The van der Waals surface area contributed by atoms with Crippen molar-refractivity contribution in [3.8, 4) is 23.0 Å². The molecule has 0 atom stereocenters. The SMILES string of the molecule is CCC1(CC)Oc2cc3cc4c(cc3cc2O1)C(=O)c1cc2cc3cc5c(cc3cc2cc1C4=O)OC(CC)(CC)O5. The van der Waals surface area contributed by atoms with E-state index in [1.165, 1.54) is 0 Å². The standard InChI is InChI=1S/C36H30O6/c1-5-35(6-2)39-29-15-21-9-19-11-25-26(12-20(19)10-22(21)16-30(29)40-35)34(38)28-14-24-18-32-31(41-36(7-3,8-4)42-32)17-23(24)13-27(28)33(25)37/h9-18H,5-8H2,1-4H3. The molecule has 8 rings (SSSR count). The Kier molecular flexibility index (Phi) is 5.08. The zero-order valence-corrected chi connectivity index (χ0v) is 24.1. The molecule has 210 valence electrons. The minimum Gasteiger partial charge on any atom is -0.448 e. The Labute approximate surface area is 243 Å². The van der Waals surface area contributed by atoms with Crippen LogP contribution < -0.4 is 18.9 Å². The lowest BCUT2D eigenvalue weighted by Crippen LogP contribution is -2.36. The minimum atomic E-state index is -0.682. The fraction of sp³-hybridized carbons (Fsp3) is 0.278. The van der Waals surface area contributed by atoms with Crippen molar-refractivity contribution < 1.29 is 28.5 Å². The number of rotatable bonds is 4. The van der Waals surface area contributed by atoms with E-state index in [1.54, 1.807) is 0 Å². The molecule has 3 aliphatic rings. The van der Waals surface area contributed by atoms with E-state index in [4.69, 9.17) is 18.9 Å². The third kappa shape index (κ3) is 3.38. The van der Waals surface area contributed by atoms with E-state index in [2.05, 4.69) is 26.0 Å². The van der Waals surface area contributed by atoms with Gasteiger partial charge in [0.2, 0.25) is 0 Å². The van der Waals surface area contributed by atoms with Crippen LogP contribution in [0.2, 0.25) is 0 Å². The van der Waals surface area contributed by atoms with Crippen LogP contribution in [0, 0.1) is 0 Å². The second-order valence-electron chi connectivity index (χ2n) is 11.6. The van der Waals surface area contributed by atoms with E-state index in [9.17, 15) is 9.59 Å². The lowest BCUT2D eigenvalue weighted by Gasteiger charge is -2.24. The number of benzene rings is 5. The molecule has 0 bridgehead atoms. The topological polar surface area (TPSA) is 71.1 Å². The first-order chi connectivity index (χ1) is 20.3. The van der Waals surface area contributed by atoms with E-state index >= 15 is 0 Å². The van der Waals surface area contributed by atoms with Crippen LogP contribution in [0.5, 0.6) is 23.0 Å². The summed E-state index contributed by atoms with van der Waals surface area (Å²) in [5.41, 5.74) is 1.67. The summed E-state index contributed by atoms with van der Waals surface area (Å²) in [5.74, 6) is 1.15. The van der Waals surface area contributed by atoms with Crippen LogP contribution in [0.25, 0.3) is 32.3 Å². The van der Waals surface area contributed by atoms with Gasteiger partial charge in [-0.1, -0.05) is 27.7 Å². The Bertz CT molecular complexity index is 1890. The number of hydrogen-bond donors (Lipinski definition) is 0. The number of fused-ring (bicyclic) bond motifs is 7. The maximum atomic E-state index is 13.9. The molecular formula is C36H30O6. The van der Waals surface area contributed by atoms with Crippen LogP contribution in [0.3, 0.4) is 0 Å².